The van der Waals surface area contributed by atoms with Gasteiger partial charge < -0.3 is 9.67 Å². The number of phenolic OH excluding ortho intramolecular Hbond substituents is 1. The highest BCUT2D eigenvalue weighted by molar-refractivity contribution is 5.72. The lowest BCUT2D eigenvalue weighted by molar-refractivity contribution is 0.476. The Kier molecular flexibility index (Phi) is 5.42. The van der Waals surface area contributed by atoms with E-state index >= 15 is 0 Å². The predicted octanol–water partition coefficient (Wildman–Crippen LogP) is 4.21. The molecule has 4 heteroatoms. The lowest BCUT2D eigenvalue weighted by Crippen LogP contribution is -2.28. The molecule has 27 heavy (non-hydrogen) atoms. The number of aromatic nitrogens is 1. The van der Waals surface area contributed by atoms with Crippen LogP contribution in [-0.2, 0) is 19.4 Å². The number of hydrogen-bond acceptors (Lipinski definition) is 3. The molecule has 1 heterocycles. The third-order valence-electron chi connectivity index (χ3n) is 4.93. The van der Waals surface area contributed by atoms with Crippen LogP contribution in [0.15, 0.2) is 59.4 Å². The highest BCUT2D eigenvalue weighted by atomic mass is 16.3. The van der Waals surface area contributed by atoms with Crippen LogP contribution < -0.4 is 5.56 Å². The van der Waals surface area contributed by atoms with Crippen molar-refractivity contribution in [3.8, 4) is 23.1 Å². The highest BCUT2D eigenvalue weighted by Crippen LogP contribution is 2.33. The summed E-state index contributed by atoms with van der Waals surface area (Å²) < 4.78 is 1.65. The molecule has 3 aromatic rings. The fraction of sp³-hybridized carbons (Fsp3) is 0.217. The molecule has 0 unspecified atom stereocenters. The van der Waals surface area contributed by atoms with Crippen molar-refractivity contribution in [1.29, 1.82) is 5.26 Å². The quantitative estimate of drug-likeness (QED) is 0.743. The second-order valence-corrected chi connectivity index (χ2v) is 6.50. The van der Waals surface area contributed by atoms with Crippen LogP contribution in [0.1, 0.15) is 29.2 Å². The third kappa shape index (κ3) is 3.50. The van der Waals surface area contributed by atoms with Crippen LogP contribution in [0.5, 0.6) is 5.75 Å². The van der Waals surface area contributed by atoms with Gasteiger partial charge in [-0.15, -0.1) is 0 Å². The molecule has 0 aliphatic heterocycles. The summed E-state index contributed by atoms with van der Waals surface area (Å²) in [6.45, 7) is 4.25. The maximum atomic E-state index is 13.1. The van der Waals surface area contributed by atoms with Gasteiger partial charge in [0.25, 0.3) is 5.56 Å². The second-order valence-electron chi connectivity index (χ2n) is 6.50. The molecule has 0 spiro atoms. The highest BCUT2D eigenvalue weighted by Gasteiger charge is 2.21. The van der Waals surface area contributed by atoms with E-state index in [0.717, 1.165) is 11.1 Å². The monoisotopic (exact) mass is 358 g/mol. The van der Waals surface area contributed by atoms with Crippen LogP contribution >= 0.6 is 0 Å². The van der Waals surface area contributed by atoms with Gasteiger partial charge in [0.1, 0.15) is 17.4 Å². The summed E-state index contributed by atoms with van der Waals surface area (Å²) in [5.74, 6) is 0.129. The van der Waals surface area contributed by atoms with Gasteiger partial charge in [-0.05, 0) is 48.6 Å². The summed E-state index contributed by atoms with van der Waals surface area (Å²) in [7, 11) is 0. The standard InChI is InChI=1S/C23H22N2O2/c1-3-18-16(2)20(15-24)23(27)25(14-13-17-9-5-4-6-10-17)22(18)19-11-7-8-12-21(19)26/h4-12,26H,3,13-14H2,1-2H3. The molecule has 1 aromatic heterocycles. The molecule has 1 N–H and O–H groups in total. The zero-order chi connectivity index (χ0) is 19.4. The minimum Gasteiger partial charge on any atom is -0.507 e. The van der Waals surface area contributed by atoms with Gasteiger partial charge in [0.2, 0.25) is 0 Å². The fourth-order valence-corrected chi connectivity index (χ4v) is 3.53. The van der Waals surface area contributed by atoms with Gasteiger partial charge in [-0.3, -0.25) is 4.79 Å². The molecule has 4 nitrogen and oxygen atoms in total. The van der Waals surface area contributed by atoms with E-state index in [2.05, 4.69) is 6.07 Å². The summed E-state index contributed by atoms with van der Waals surface area (Å²) in [5, 5.41) is 20.0. The first-order valence-electron chi connectivity index (χ1n) is 9.07. The van der Waals surface area contributed by atoms with E-state index in [0.29, 0.717) is 36.2 Å². The van der Waals surface area contributed by atoms with Gasteiger partial charge in [0, 0.05) is 12.1 Å². The predicted molar refractivity (Wildman–Crippen MR) is 107 cm³/mol. The van der Waals surface area contributed by atoms with Crippen molar-refractivity contribution in [1.82, 2.24) is 4.57 Å². The maximum absolute atomic E-state index is 13.1. The van der Waals surface area contributed by atoms with Crippen LogP contribution in [0.4, 0.5) is 0 Å². The van der Waals surface area contributed by atoms with Crippen molar-refractivity contribution >= 4 is 0 Å². The smallest absolute Gasteiger partial charge is 0.269 e. The largest absolute Gasteiger partial charge is 0.507 e. The molecule has 136 valence electrons. The topological polar surface area (TPSA) is 66.0 Å². The van der Waals surface area contributed by atoms with Crippen LogP contribution in [0.3, 0.4) is 0 Å². The Labute approximate surface area is 159 Å². The Morgan fingerprint density at radius 1 is 1.07 bits per heavy atom. The van der Waals surface area contributed by atoms with Crippen molar-refractivity contribution in [2.75, 3.05) is 0 Å². The maximum Gasteiger partial charge on any atom is 0.269 e. The Morgan fingerprint density at radius 2 is 1.74 bits per heavy atom. The van der Waals surface area contributed by atoms with Crippen molar-refractivity contribution in [3.05, 3.63) is 87.2 Å². The molecule has 2 aromatic carbocycles. The van der Waals surface area contributed by atoms with E-state index in [9.17, 15) is 15.2 Å². The molecule has 0 amide bonds. The lowest BCUT2D eigenvalue weighted by atomic mass is 9.95. The molecular formula is C23H22N2O2. The number of pyridine rings is 1. The minimum absolute atomic E-state index is 0.129. The van der Waals surface area contributed by atoms with E-state index in [1.165, 1.54) is 0 Å². The SMILES string of the molecule is CCc1c(C)c(C#N)c(=O)n(CCc2ccccc2)c1-c1ccccc1O. The zero-order valence-electron chi connectivity index (χ0n) is 15.6. The van der Waals surface area contributed by atoms with E-state index in [4.69, 9.17) is 0 Å². The van der Waals surface area contributed by atoms with Gasteiger partial charge in [-0.1, -0.05) is 49.4 Å². The molecule has 0 aliphatic carbocycles. The number of hydrogen-bond donors (Lipinski definition) is 1. The Balaban J connectivity index is 2.25. The van der Waals surface area contributed by atoms with E-state index in [1.807, 2.05) is 56.3 Å². The first-order valence-corrected chi connectivity index (χ1v) is 9.07. The molecule has 0 saturated carbocycles. The van der Waals surface area contributed by atoms with Gasteiger partial charge in [-0.25, -0.2) is 0 Å². The number of para-hydroxylation sites is 1. The number of phenols is 1. The summed E-state index contributed by atoms with van der Waals surface area (Å²) in [4.78, 5) is 13.1. The number of aromatic hydroxyl groups is 1. The van der Waals surface area contributed by atoms with Gasteiger partial charge in [0.05, 0.1) is 5.69 Å². The van der Waals surface area contributed by atoms with Gasteiger partial charge >= 0.3 is 0 Å². The molecule has 0 saturated heterocycles. The van der Waals surface area contributed by atoms with Crippen LogP contribution in [0.25, 0.3) is 11.3 Å². The zero-order valence-corrected chi connectivity index (χ0v) is 15.6. The van der Waals surface area contributed by atoms with Gasteiger partial charge in [0.15, 0.2) is 0 Å². The minimum atomic E-state index is -0.304. The summed E-state index contributed by atoms with van der Waals surface area (Å²) in [5.41, 5.74) is 3.92. The molecule has 0 aliphatic rings. The van der Waals surface area contributed by atoms with Crippen LogP contribution in [0, 0.1) is 18.3 Å². The number of nitriles is 1. The van der Waals surface area contributed by atoms with Crippen molar-refractivity contribution in [3.63, 3.8) is 0 Å². The number of rotatable bonds is 5. The normalized spacial score (nSPS) is 10.6. The van der Waals surface area contributed by atoms with Crippen LogP contribution in [-0.4, -0.2) is 9.67 Å². The average molecular weight is 358 g/mol. The van der Waals surface area contributed by atoms with E-state index in [-0.39, 0.29) is 16.9 Å². The molecule has 0 radical (unpaired) electrons. The summed E-state index contributed by atoms with van der Waals surface area (Å²) >= 11 is 0. The van der Waals surface area contributed by atoms with Crippen LogP contribution in [0.2, 0.25) is 0 Å². The fourth-order valence-electron chi connectivity index (χ4n) is 3.53. The molecular weight excluding hydrogens is 336 g/mol. The Bertz CT molecular complexity index is 1060. The average Bonchev–Trinajstić information content (AvgIpc) is 2.68. The third-order valence-corrected chi connectivity index (χ3v) is 4.93. The number of aryl methyl sites for hydroxylation is 1. The first-order chi connectivity index (χ1) is 13.1. The van der Waals surface area contributed by atoms with Crippen molar-refractivity contribution in [2.45, 2.75) is 33.2 Å². The van der Waals surface area contributed by atoms with Crippen molar-refractivity contribution < 1.29 is 5.11 Å². The Morgan fingerprint density at radius 3 is 2.37 bits per heavy atom. The lowest BCUT2D eigenvalue weighted by Gasteiger charge is -2.20. The molecule has 0 fully saturated rings. The summed E-state index contributed by atoms with van der Waals surface area (Å²) in [6, 6.07) is 19.0. The van der Waals surface area contributed by atoms with E-state index < -0.39 is 0 Å². The Hall–Kier alpha value is -3.32. The number of nitrogens with zero attached hydrogens (tertiary/aromatic N) is 2. The van der Waals surface area contributed by atoms with E-state index in [1.54, 1.807) is 16.7 Å². The molecule has 0 atom stereocenters. The molecule has 0 bridgehead atoms. The summed E-state index contributed by atoms with van der Waals surface area (Å²) in [6.07, 6.45) is 1.33. The second kappa shape index (κ2) is 7.92. The first kappa shape index (κ1) is 18.5. The molecule has 3 rings (SSSR count). The van der Waals surface area contributed by atoms with Crippen molar-refractivity contribution in [2.24, 2.45) is 0 Å². The van der Waals surface area contributed by atoms with Gasteiger partial charge in [-0.2, -0.15) is 5.26 Å². The number of benzene rings is 2.